The number of rotatable bonds is 2. The monoisotopic (exact) mass is 227 g/mol. The van der Waals surface area contributed by atoms with Crippen LogP contribution in [0.3, 0.4) is 0 Å². The van der Waals surface area contributed by atoms with Crippen molar-refractivity contribution in [2.24, 2.45) is 0 Å². The third-order valence-corrected chi connectivity index (χ3v) is 3.03. The molecule has 15 heavy (non-hydrogen) atoms. The van der Waals surface area contributed by atoms with Gasteiger partial charge in [-0.3, -0.25) is 4.79 Å². The molecular formula is C10H17N3OS. The molecule has 0 aliphatic heterocycles. The van der Waals surface area contributed by atoms with Gasteiger partial charge in [-0.15, -0.1) is 5.10 Å². The van der Waals surface area contributed by atoms with Crippen LogP contribution < -0.4 is 0 Å². The zero-order valence-corrected chi connectivity index (χ0v) is 10.7. The summed E-state index contributed by atoms with van der Waals surface area (Å²) in [5.41, 5.74) is 0.551. The molecule has 0 atom stereocenters. The lowest BCUT2D eigenvalue weighted by Crippen LogP contribution is -2.45. The quantitative estimate of drug-likeness (QED) is 0.777. The summed E-state index contributed by atoms with van der Waals surface area (Å²) in [6.45, 7) is 10.6. The van der Waals surface area contributed by atoms with Crippen molar-refractivity contribution in [1.29, 1.82) is 0 Å². The van der Waals surface area contributed by atoms with Crippen LogP contribution in [0.5, 0.6) is 0 Å². The molecule has 0 unspecified atom stereocenters. The summed E-state index contributed by atoms with van der Waals surface area (Å²) >= 11 is 1.17. The lowest BCUT2D eigenvalue weighted by Gasteiger charge is -2.34. The van der Waals surface area contributed by atoms with Gasteiger partial charge in [0, 0.05) is 12.1 Å². The van der Waals surface area contributed by atoms with Gasteiger partial charge < -0.3 is 4.90 Å². The number of aromatic nitrogens is 2. The molecule has 5 heteroatoms. The predicted molar refractivity (Wildman–Crippen MR) is 61.1 cm³/mol. The van der Waals surface area contributed by atoms with Gasteiger partial charge in [-0.1, -0.05) is 4.49 Å². The first-order valence-electron chi connectivity index (χ1n) is 4.98. The highest BCUT2D eigenvalue weighted by atomic mass is 32.1. The summed E-state index contributed by atoms with van der Waals surface area (Å²) < 4.78 is 3.79. The molecule has 1 rings (SSSR count). The SMILES string of the molecule is CCN(C(=O)c1snnc1C)C(C)(C)C. The molecule has 0 saturated heterocycles. The third-order valence-electron chi connectivity index (χ3n) is 2.22. The van der Waals surface area contributed by atoms with Gasteiger partial charge >= 0.3 is 0 Å². The number of nitrogens with zero attached hydrogens (tertiary/aromatic N) is 3. The normalized spacial score (nSPS) is 11.5. The number of hydrogen-bond donors (Lipinski definition) is 0. The van der Waals surface area contributed by atoms with Gasteiger partial charge in [0.1, 0.15) is 4.88 Å². The molecule has 0 aromatic carbocycles. The topological polar surface area (TPSA) is 46.1 Å². The van der Waals surface area contributed by atoms with E-state index in [-0.39, 0.29) is 11.4 Å². The van der Waals surface area contributed by atoms with Crippen LogP contribution in [-0.4, -0.2) is 32.5 Å². The maximum absolute atomic E-state index is 12.2. The second-order valence-electron chi connectivity index (χ2n) is 4.41. The lowest BCUT2D eigenvalue weighted by molar-refractivity contribution is 0.0603. The largest absolute Gasteiger partial charge is 0.333 e. The van der Waals surface area contributed by atoms with E-state index >= 15 is 0 Å². The molecule has 0 N–H and O–H groups in total. The average Bonchev–Trinajstić information content (AvgIpc) is 2.49. The van der Waals surface area contributed by atoms with E-state index < -0.39 is 0 Å². The first kappa shape index (κ1) is 12.1. The van der Waals surface area contributed by atoms with E-state index in [1.807, 2.05) is 39.5 Å². The number of amides is 1. The Morgan fingerprint density at radius 3 is 2.40 bits per heavy atom. The lowest BCUT2D eigenvalue weighted by atomic mass is 10.1. The Balaban J connectivity index is 2.98. The number of aryl methyl sites for hydroxylation is 1. The van der Waals surface area contributed by atoms with Crippen LogP contribution in [0.15, 0.2) is 0 Å². The first-order valence-corrected chi connectivity index (χ1v) is 5.76. The average molecular weight is 227 g/mol. The van der Waals surface area contributed by atoms with Crippen LogP contribution in [0, 0.1) is 6.92 Å². The van der Waals surface area contributed by atoms with Crippen molar-refractivity contribution in [3.05, 3.63) is 10.6 Å². The number of hydrogen-bond acceptors (Lipinski definition) is 4. The molecule has 0 fully saturated rings. The van der Waals surface area contributed by atoms with Gasteiger partial charge in [-0.25, -0.2) is 0 Å². The fraction of sp³-hybridized carbons (Fsp3) is 0.700. The van der Waals surface area contributed by atoms with Crippen LogP contribution in [0.25, 0.3) is 0 Å². The van der Waals surface area contributed by atoms with E-state index in [0.717, 1.165) is 0 Å². The standard InChI is InChI=1S/C10H17N3OS/c1-6-13(10(3,4)5)9(14)8-7(2)11-12-15-8/h6H2,1-5H3. The van der Waals surface area contributed by atoms with E-state index in [1.54, 1.807) is 0 Å². The Bertz CT molecular complexity index is 354. The zero-order valence-electron chi connectivity index (χ0n) is 9.87. The van der Waals surface area contributed by atoms with E-state index in [1.165, 1.54) is 11.5 Å². The molecule has 0 spiro atoms. The molecule has 0 aliphatic carbocycles. The Kier molecular flexibility index (Phi) is 3.44. The van der Waals surface area contributed by atoms with Gasteiger partial charge in [-0.2, -0.15) is 0 Å². The van der Waals surface area contributed by atoms with Crippen LogP contribution in [0.2, 0.25) is 0 Å². The summed E-state index contributed by atoms with van der Waals surface area (Å²) in [5.74, 6) is 0.0255. The molecule has 1 heterocycles. The number of carbonyl (C=O) groups is 1. The minimum Gasteiger partial charge on any atom is -0.333 e. The molecule has 0 radical (unpaired) electrons. The minimum absolute atomic E-state index is 0.0255. The second-order valence-corrected chi connectivity index (χ2v) is 5.16. The molecule has 1 aromatic heterocycles. The van der Waals surface area contributed by atoms with Crippen molar-refractivity contribution >= 4 is 17.4 Å². The van der Waals surface area contributed by atoms with Gasteiger partial charge in [-0.05, 0) is 46.2 Å². The van der Waals surface area contributed by atoms with Crippen molar-refractivity contribution in [1.82, 2.24) is 14.5 Å². The highest BCUT2D eigenvalue weighted by molar-refractivity contribution is 7.07. The Labute approximate surface area is 94.5 Å². The fourth-order valence-corrected chi connectivity index (χ4v) is 2.08. The summed E-state index contributed by atoms with van der Waals surface area (Å²) in [5, 5.41) is 3.86. The predicted octanol–water partition coefficient (Wildman–Crippen LogP) is 2.11. The van der Waals surface area contributed by atoms with Crippen molar-refractivity contribution in [2.75, 3.05) is 6.54 Å². The summed E-state index contributed by atoms with van der Waals surface area (Å²) in [4.78, 5) is 14.6. The second kappa shape index (κ2) is 4.26. The van der Waals surface area contributed by atoms with Gasteiger partial charge in [0.05, 0.1) is 5.69 Å². The Morgan fingerprint density at radius 2 is 2.07 bits per heavy atom. The van der Waals surface area contributed by atoms with Crippen LogP contribution in [0.4, 0.5) is 0 Å². The maximum Gasteiger partial charge on any atom is 0.267 e. The van der Waals surface area contributed by atoms with Gasteiger partial charge in [0.15, 0.2) is 0 Å². The first-order chi connectivity index (χ1) is 6.88. The number of carbonyl (C=O) groups excluding carboxylic acids is 1. The van der Waals surface area contributed by atoms with E-state index in [4.69, 9.17) is 0 Å². The van der Waals surface area contributed by atoms with E-state index in [2.05, 4.69) is 9.59 Å². The summed E-state index contributed by atoms with van der Waals surface area (Å²) in [7, 11) is 0. The molecule has 84 valence electrons. The van der Waals surface area contributed by atoms with Gasteiger partial charge in [0.2, 0.25) is 0 Å². The highest BCUT2D eigenvalue weighted by Gasteiger charge is 2.28. The minimum atomic E-state index is -0.164. The van der Waals surface area contributed by atoms with E-state index in [0.29, 0.717) is 17.1 Å². The van der Waals surface area contributed by atoms with Crippen LogP contribution in [0.1, 0.15) is 43.1 Å². The molecule has 0 bridgehead atoms. The smallest absolute Gasteiger partial charge is 0.267 e. The zero-order chi connectivity index (χ0) is 11.6. The summed E-state index contributed by atoms with van der Waals surface area (Å²) in [6, 6.07) is 0. The molecule has 1 aromatic rings. The Morgan fingerprint density at radius 1 is 1.47 bits per heavy atom. The van der Waals surface area contributed by atoms with Crippen molar-refractivity contribution < 1.29 is 4.79 Å². The van der Waals surface area contributed by atoms with Crippen molar-refractivity contribution in [3.63, 3.8) is 0 Å². The third kappa shape index (κ3) is 2.53. The van der Waals surface area contributed by atoms with Crippen molar-refractivity contribution in [2.45, 2.75) is 40.2 Å². The molecule has 4 nitrogen and oxygen atoms in total. The highest BCUT2D eigenvalue weighted by Crippen LogP contribution is 2.19. The fourth-order valence-electron chi connectivity index (χ4n) is 1.47. The molecule has 0 aliphatic rings. The maximum atomic E-state index is 12.2. The summed E-state index contributed by atoms with van der Waals surface area (Å²) in [6.07, 6.45) is 0. The van der Waals surface area contributed by atoms with Crippen LogP contribution >= 0.6 is 11.5 Å². The Hall–Kier alpha value is -0.970. The van der Waals surface area contributed by atoms with Crippen LogP contribution in [-0.2, 0) is 0 Å². The van der Waals surface area contributed by atoms with E-state index in [9.17, 15) is 4.79 Å². The molecular weight excluding hydrogens is 210 g/mol. The van der Waals surface area contributed by atoms with Crippen molar-refractivity contribution in [3.8, 4) is 0 Å². The van der Waals surface area contributed by atoms with Gasteiger partial charge in [0.25, 0.3) is 5.91 Å². The molecule has 1 amide bonds. The molecule has 0 saturated carbocycles.